The molecule has 0 atom stereocenters. The molecule has 3 aromatic rings. The lowest BCUT2D eigenvalue weighted by Gasteiger charge is -2.06. The predicted octanol–water partition coefficient (Wildman–Crippen LogP) is 4.24. The van der Waals surface area contributed by atoms with Crippen LogP contribution in [0.3, 0.4) is 0 Å². The highest BCUT2D eigenvalue weighted by Crippen LogP contribution is 2.21. The summed E-state index contributed by atoms with van der Waals surface area (Å²) >= 11 is 5.04. The van der Waals surface area contributed by atoms with Gasteiger partial charge in [0, 0.05) is 14.7 Å². The lowest BCUT2D eigenvalue weighted by molar-refractivity contribution is 0.0950. The zero-order valence-corrected chi connectivity index (χ0v) is 15.2. The van der Waals surface area contributed by atoms with E-state index >= 15 is 0 Å². The van der Waals surface area contributed by atoms with E-state index in [1.807, 2.05) is 60.3 Å². The number of amides is 1. The Hall–Kier alpha value is -1.92. The summed E-state index contributed by atoms with van der Waals surface area (Å²) in [6, 6.07) is 11.8. The highest BCUT2D eigenvalue weighted by Gasteiger charge is 2.19. The number of rotatable bonds is 4. The minimum absolute atomic E-state index is 0.0910. The summed E-state index contributed by atoms with van der Waals surface area (Å²) < 4.78 is 2.85. The number of thiophene rings is 1. The molecular formula is C17H16BrN3OS. The van der Waals surface area contributed by atoms with Crippen molar-refractivity contribution in [1.82, 2.24) is 15.1 Å². The zero-order chi connectivity index (χ0) is 16.4. The molecule has 2 heterocycles. The molecule has 0 bridgehead atoms. The number of hydrogen-bond donors (Lipinski definition) is 1. The van der Waals surface area contributed by atoms with Gasteiger partial charge in [0.1, 0.15) is 0 Å². The number of nitrogens with zero attached hydrogens (tertiary/aromatic N) is 2. The van der Waals surface area contributed by atoms with Gasteiger partial charge < -0.3 is 5.32 Å². The molecule has 0 aliphatic carbocycles. The third kappa shape index (κ3) is 3.38. The summed E-state index contributed by atoms with van der Waals surface area (Å²) in [5, 5.41) is 9.49. The van der Waals surface area contributed by atoms with Crippen molar-refractivity contribution in [2.45, 2.75) is 20.4 Å². The summed E-state index contributed by atoms with van der Waals surface area (Å²) in [5.41, 5.74) is 3.17. The van der Waals surface area contributed by atoms with Gasteiger partial charge >= 0.3 is 0 Å². The first-order valence-corrected chi connectivity index (χ1v) is 8.86. The van der Waals surface area contributed by atoms with E-state index in [-0.39, 0.29) is 5.91 Å². The van der Waals surface area contributed by atoms with Gasteiger partial charge in [-0.05, 0) is 48.0 Å². The molecule has 0 saturated carbocycles. The lowest BCUT2D eigenvalue weighted by Crippen LogP contribution is -2.23. The third-order valence-corrected chi connectivity index (χ3v) is 5.26. The summed E-state index contributed by atoms with van der Waals surface area (Å²) in [6.07, 6.45) is 0. The average molecular weight is 390 g/mol. The fourth-order valence-electron chi connectivity index (χ4n) is 2.49. The van der Waals surface area contributed by atoms with Crippen molar-refractivity contribution < 1.29 is 4.79 Å². The van der Waals surface area contributed by atoms with E-state index in [9.17, 15) is 4.79 Å². The number of halogens is 1. The molecular weight excluding hydrogens is 374 g/mol. The fourth-order valence-corrected chi connectivity index (χ4v) is 3.88. The molecule has 118 valence electrons. The van der Waals surface area contributed by atoms with Crippen LogP contribution in [0.4, 0.5) is 0 Å². The van der Waals surface area contributed by atoms with E-state index < -0.39 is 0 Å². The zero-order valence-electron chi connectivity index (χ0n) is 12.8. The van der Waals surface area contributed by atoms with Gasteiger partial charge in [0.2, 0.25) is 0 Å². The van der Waals surface area contributed by atoms with Crippen LogP contribution in [0.1, 0.15) is 26.6 Å². The standard InChI is InChI=1S/C17H16BrN3OS/c1-11-16(17(22)19-9-15-8-13(18)10-23-15)12(2)21(20-11)14-6-4-3-5-7-14/h3-8,10H,9H2,1-2H3,(H,19,22). The van der Waals surface area contributed by atoms with Crippen LogP contribution in [0.25, 0.3) is 5.69 Å². The SMILES string of the molecule is Cc1nn(-c2ccccc2)c(C)c1C(=O)NCc1cc(Br)cs1. The van der Waals surface area contributed by atoms with Gasteiger partial charge in [-0.3, -0.25) is 4.79 Å². The first kappa shape index (κ1) is 16.0. The second kappa shape index (κ2) is 6.68. The van der Waals surface area contributed by atoms with Crippen molar-refractivity contribution >= 4 is 33.2 Å². The monoisotopic (exact) mass is 389 g/mol. The van der Waals surface area contributed by atoms with Gasteiger partial charge in [-0.15, -0.1) is 11.3 Å². The van der Waals surface area contributed by atoms with E-state index in [4.69, 9.17) is 0 Å². The van der Waals surface area contributed by atoms with E-state index in [2.05, 4.69) is 26.3 Å². The van der Waals surface area contributed by atoms with Crippen molar-refractivity contribution in [3.05, 3.63) is 68.1 Å². The minimum atomic E-state index is -0.0910. The van der Waals surface area contributed by atoms with Crippen LogP contribution >= 0.6 is 27.3 Å². The Morgan fingerprint density at radius 2 is 2.04 bits per heavy atom. The van der Waals surface area contributed by atoms with Gasteiger partial charge in [0.05, 0.1) is 29.2 Å². The quantitative estimate of drug-likeness (QED) is 0.724. The van der Waals surface area contributed by atoms with Crippen molar-refractivity contribution in [3.63, 3.8) is 0 Å². The molecule has 4 nitrogen and oxygen atoms in total. The maximum Gasteiger partial charge on any atom is 0.255 e. The number of hydrogen-bond acceptors (Lipinski definition) is 3. The van der Waals surface area contributed by atoms with Crippen LogP contribution in [0, 0.1) is 13.8 Å². The highest BCUT2D eigenvalue weighted by molar-refractivity contribution is 9.10. The van der Waals surface area contributed by atoms with Crippen LogP contribution in [0.5, 0.6) is 0 Å². The second-order valence-corrected chi connectivity index (χ2v) is 7.12. The fraction of sp³-hybridized carbons (Fsp3) is 0.176. The molecule has 0 saturated heterocycles. The molecule has 0 fully saturated rings. The van der Waals surface area contributed by atoms with E-state index in [0.29, 0.717) is 12.1 Å². The largest absolute Gasteiger partial charge is 0.347 e. The van der Waals surface area contributed by atoms with E-state index in [0.717, 1.165) is 26.4 Å². The molecule has 23 heavy (non-hydrogen) atoms. The molecule has 0 unspecified atom stereocenters. The Morgan fingerprint density at radius 3 is 2.70 bits per heavy atom. The first-order valence-electron chi connectivity index (χ1n) is 7.19. The number of aromatic nitrogens is 2. The molecule has 1 aromatic carbocycles. The number of nitrogens with one attached hydrogen (secondary N) is 1. The van der Waals surface area contributed by atoms with Gasteiger partial charge in [-0.2, -0.15) is 5.10 Å². The van der Waals surface area contributed by atoms with Crippen molar-refractivity contribution in [2.75, 3.05) is 0 Å². The van der Waals surface area contributed by atoms with Crippen LogP contribution < -0.4 is 5.32 Å². The second-order valence-electron chi connectivity index (χ2n) is 5.21. The minimum Gasteiger partial charge on any atom is -0.347 e. The maximum absolute atomic E-state index is 12.5. The van der Waals surface area contributed by atoms with Crippen LogP contribution in [-0.2, 0) is 6.54 Å². The van der Waals surface area contributed by atoms with Crippen molar-refractivity contribution in [2.24, 2.45) is 0 Å². The number of para-hydroxylation sites is 1. The van der Waals surface area contributed by atoms with Gasteiger partial charge in [0.15, 0.2) is 0 Å². The smallest absolute Gasteiger partial charge is 0.255 e. The number of benzene rings is 1. The summed E-state index contributed by atoms with van der Waals surface area (Å²) in [6.45, 7) is 4.30. The van der Waals surface area contributed by atoms with Crippen molar-refractivity contribution in [1.29, 1.82) is 0 Å². The maximum atomic E-state index is 12.5. The molecule has 3 rings (SSSR count). The Morgan fingerprint density at radius 1 is 1.30 bits per heavy atom. The van der Waals surface area contributed by atoms with Crippen LogP contribution in [0.15, 0.2) is 46.3 Å². The summed E-state index contributed by atoms with van der Waals surface area (Å²) in [4.78, 5) is 13.6. The highest BCUT2D eigenvalue weighted by atomic mass is 79.9. The third-order valence-electron chi connectivity index (χ3n) is 3.56. The predicted molar refractivity (Wildman–Crippen MR) is 96.2 cm³/mol. The van der Waals surface area contributed by atoms with Crippen molar-refractivity contribution in [3.8, 4) is 5.69 Å². The molecule has 1 amide bonds. The van der Waals surface area contributed by atoms with E-state index in [1.54, 1.807) is 11.3 Å². The number of carbonyl (C=O) groups excluding carboxylic acids is 1. The molecule has 6 heteroatoms. The van der Waals surface area contributed by atoms with Gasteiger partial charge in [-0.1, -0.05) is 18.2 Å². The van der Waals surface area contributed by atoms with Crippen LogP contribution in [-0.4, -0.2) is 15.7 Å². The van der Waals surface area contributed by atoms with Gasteiger partial charge in [0.25, 0.3) is 5.91 Å². The topological polar surface area (TPSA) is 46.9 Å². The Bertz CT molecular complexity index is 839. The average Bonchev–Trinajstić information content (AvgIpc) is 3.09. The number of aryl methyl sites for hydroxylation is 1. The van der Waals surface area contributed by atoms with Gasteiger partial charge in [-0.25, -0.2) is 4.68 Å². The number of carbonyl (C=O) groups is 1. The summed E-state index contributed by atoms with van der Waals surface area (Å²) in [7, 11) is 0. The Balaban J connectivity index is 1.82. The normalized spacial score (nSPS) is 10.7. The molecule has 2 aromatic heterocycles. The molecule has 0 aliphatic heterocycles. The Kier molecular flexibility index (Phi) is 4.63. The Labute approximate surface area is 147 Å². The molecule has 0 spiro atoms. The molecule has 1 N–H and O–H groups in total. The summed E-state index contributed by atoms with van der Waals surface area (Å²) in [5.74, 6) is -0.0910. The lowest BCUT2D eigenvalue weighted by atomic mass is 10.2. The molecule has 0 radical (unpaired) electrons. The first-order chi connectivity index (χ1) is 11.1. The van der Waals surface area contributed by atoms with E-state index in [1.165, 1.54) is 0 Å². The van der Waals surface area contributed by atoms with Crippen LogP contribution in [0.2, 0.25) is 0 Å². The molecule has 0 aliphatic rings.